The maximum atomic E-state index is 11.8. The molecule has 1 fully saturated rings. The van der Waals surface area contributed by atoms with Crippen molar-refractivity contribution in [3.8, 4) is 5.95 Å². The van der Waals surface area contributed by atoms with E-state index in [1.165, 1.54) is 0 Å². The van der Waals surface area contributed by atoms with Crippen LogP contribution in [0.5, 0.6) is 0 Å². The molecule has 1 saturated heterocycles. The number of imidazole rings is 1. The summed E-state index contributed by atoms with van der Waals surface area (Å²) < 4.78 is 9.40. The molecule has 2 aromatic carbocycles. The lowest BCUT2D eigenvalue weighted by Crippen LogP contribution is -2.37. The third kappa shape index (κ3) is 3.46. The molecule has 1 aliphatic heterocycles. The third-order valence-electron chi connectivity index (χ3n) is 5.86. The Hall–Kier alpha value is -2.94. The van der Waals surface area contributed by atoms with Crippen LogP contribution in [0.2, 0.25) is 5.15 Å². The fourth-order valence-electron chi connectivity index (χ4n) is 4.12. The Balaban J connectivity index is 1.70. The molecule has 1 atom stereocenters. The highest BCUT2D eigenvalue weighted by molar-refractivity contribution is 6.34. The fraction of sp³-hybridized carbons (Fsp3) is 0.318. The molecule has 0 aliphatic carbocycles. The lowest BCUT2D eigenvalue weighted by Gasteiger charge is -2.27. The van der Waals surface area contributed by atoms with Gasteiger partial charge in [0.2, 0.25) is 11.9 Å². The third-order valence-corrected chi connectivity index (χ3v) is 6.12. The van der Waals surface area contributed by atoms with Gasteiger partial charge in [-0.05, 0) is 30.7 Å². The number of carbonyl (C=O) groups excluding carboxylic acids is 1. The molecule has 31 heavy (non-hydrogen) atoms. The number of carbonyl (C=O) groups is 1. The molecule has 3 heterocycles. The van der Waals surface area contributed by atoms with E-state index in [9.17, 15) is 4.79 Å². The predicted octanol–water partition coefficient (Wildman–Crippen LogP) is 2.91. The number of hydrogen-bond acceptors (Lipinski definition) is 5. The number of fused-ring (bicyclic) bond motifs is 2. The van der Waals surface area contributed by atoms with E-state index in [-0.39, 0.29) is 0 Å². The molecule has 5 rings (SSSR count). The van der Waals surface area contributed by atoms with Crippen molar-refractivity contribution in [1.29, 1.82) is 0 Å². The van der Waals surface area contributed by atoms with Gasteiger partial charge in [-0.25, -0.2) is 4.98 Å². The Morgan fingerprint density at radius 1 is 1.16 bits per heavy atom. The van der Waals surface area contributed by atoms with Crippen LogP contribution in [-0.2, 0) is 16.2 Å². The predicted molar refractivity (Wildman–Crippen MR) is 119 cm³/mol. The smallest absolute Gasteiger partial charge is 0.233 e. The number of nitrogens with zero attached hydrogens (tertiary/aromatic N) is 5. The summed E-state index contributed by atoms with van der Waals surface area (Å²) in [6, 6.07) is 13.7. The number of hydrogen-bond donors (Lipinski definition) is 1. The summed E-state index contributed by atoms with van der Waals surface area (Å²) in [7, 11) is 0. The quantitative estimate of drug-likeness (QED) is 0.517. The van der Waals surface area contributed by atoms with E-state index in [0.29, 0.717) is 31.0 Å². The highest BCUT2D eigenvalue weighted by atomic mass is 35.5. The van der Waals surface area contributed by atoms with E-state index in [4.69, 9.17) is 27.1 Å². The van der Waals surface area contributed by atoms with Gasteiger partial charge in [0.15, 0.2) is 5.15 Å². The van der Waals surface area contributed by atoms with Crippen LogP contribution in [0.15, 0.2) is 42.5 Å². The van der Waals surface area contributed by atoms with Crippen molar-refractivity contribution in [3.05, 3.63) is 53.2 Å². The minimum absolute atomic E-state index is 0.323. The summed E-state index contributed by atoms with van der Waals surface area (Å²) in [5, 5.41) is 5.66. The molecule has 2 aromatic heterocycles. The number of benzene rings is 2. The Morgan fingerprint density at radius 2 is 1.90 bits per heavy atom. The minimum Gasteiger partial charge on any atom is -0.379 e. The summed E-state index contributed by atoms with van der Waals surface area (Å²) in [4.78, 5) is 19.0. The maximum absolute atomic E-state index is 11.8. The first-order valence-corrected chi connectivity index (χ1v) is 10.6. The summed E-state index contributed by atoms with van der Waals surface area (Å²) >= 11 is 6.58. The second kappa shape index (κ2) is 7.96. The number of aromatic nitrogens is 4. The lowest BCUT2D eigenvalue weighted by atomic mass is 9.97. The van der Waals surface area contributed by atoms with Crippen LogP contribution in [0.4, 0.5) is 0 Å². The molecule has 8 nitrogen and oxygen atoms in total. The fourth-order valence-corrected chi connectivity index (χ4v) is 4.40. The van der Waals surface area contributed by atoms with Crippen molar-refractivity contribution in [2.75, 3.05) is 26.3 Å². The first-order valence-electron chi connectivity index (χ1n) is 10.3. The molecule has 1 aliphatic rings. The molecule has 1 unspecified atom stereocenters. The minimum atomic E-state index is -0.481. The van der Waals surface area contributed by atoms with Crippen molar-refractivity contribution < 1.29 is 9.53 Å². The standard InChI is InChI=1S/C22H23ClN6O2/c1-14(21(24)30)15-5-4-8-18-19(15)20(23)26-29(18)22-25-16-6-2-3-7-17(16)28(22)13-27-9-11-31-12-10-27/h2-8,14H,9-13H2,1H3,(H2,24,30). The Labute approximate surface area is 184 Å². The van der Waals surface area contributed by atoms with Crippen molar-refractivity contribution in [3.63, 3.8) is 0 Å². The largest absolute Gasteiger partial charge is 0.379 e. The van der Waals surface area contributed by atoms with Crippen LogP contribution in [0.3, 0.4) is 0 Å². The number of halogens is 1. The van der Waals surface area contributed by atoms with Crippen molar-refractivity contribution >= 4 is 39.4 Å². The Kier molecular flexibility index (Phi) is 5.13. The molecule has 9 heteroatoms. The van der Waals surface area contributed by atoms with Crippen molar-refractivity contribution in [2.24, 2.45) is 5.73 Å². The van der Waals surface area contributed by atoms with Gasteiger partial charge in [0, 0.05) is 18.5 Å². The van der Waals surface area contributed by atoms with Crippen molar-refractivity contribution in [1.82, 2.24) is 24.2 Å². The van der Waals surface area contributed by atoms with E-state index in [0.717, 1.165) is 40.6 Å². The molecule has 1 amide bonds. The van der Waals surface area contributed by atoms with Gasteiger partial charge in [0.25, 0.3) is 0 Å². The lowest BCUT2D eigenvalue weighted by molar-refractivity contribution is -0.119. The molecule has 4 aromatic rings. The van der Waals surface area contributed by atoms with Gasteiger partial charge in [-0.2, -0.15) is 9.78 Å². The molecule has 0 spiro atoms. The number of para-hydroxylation sites is 2. The van der Waals surface area contributed by atoms with Crippen LogP contribution in [-0.4, -0.2) is 56.4 Å². The van der Waals surface area contributed by atoms with Gasteiger partial charge in [-0.1, -0.05) is 35.9 Å². The van der Waals surface area contributed by atoms with E-state index in [2.05, 4.69) is 20.6 Å². The summed E-state index contributed by atoms with van der Waals surface area (Å²) in [6.07, 6.45) is 0. The second-order valence-electron chi connectivity index (χ2n) is 7.77. The monoisotopic (exact) mass is 438 g/mol. The zero-order valence-electron chi connectivity index (χ0n) is 17.2. The summed E-state index contributed by atoms with van der Waals surface area (Å²) in [5.41, 5.74) is 9.01. The van der Waals surface area contributed by atoms with Crippen LogP contribution >= 0.6 is 11.6 Å². The van der Waals surface area contributed by atoms with Gasteiger partial charge in [0.05, 0.1) is 42.4 Å². The average Bonchev–Trinajstić information content (AvgIpc) is 3.32. The van der Waals surface area contributed by atoms with Crippen LogP contribution in [0.25, 0.3) is 27.9 Å². The number of amides is 1. The van der Waals surface area contributed by atoms with Crippen LogP contribution < -0.4 is 5.73 Å². The first-order chi connectivity index (χ1) is 15.0. The highest BCUT2D eigenvalue weighted by Gasteiger charge is 2.23. The number of morpholine rings is 1. The van der Waals surface area contributed by atoms with E-state index >= 15 is 0 Å². The molecular formula is C22H23ClN6O2. The van der Waals surface area contributed by atoms with E-state index in [1.54, 1.807) is 11.6 Å². The average molecular weight is 439 g/mol. The Bertz CT molecular complexity index is 1270. The molecular weight excluding hydrogens is 416 g/mol. The highest BCUT2D eigenvalue weighted by Crippen LogP contribution is 2.33. The van der Waals surface area contributed by atoms with E-state index < -0.39 is 11.8 Å². The second-order valence-corrected chi connectivity index (χ2v) is 8.13. The van der Waals surface area contributed by atoms with E-state index in [1.807, 2.05) is 36.4 Å². The number of nitrogens with two attached hydrogens (primary N) is 1. The maximum Gasteiger partial charge on any atom is 0.233 e. The van der Waals surface area contributed by atoms with Crippen LogP contribution in [0, 0.1) is 0 Å². The molecule has 2 N–H and O–H groups in total. The normalized spacial score (nSPS) is 16.2. The summed E-state index contributed by atoms with van der Waals surface area (Å²) in [5.74, 6) is -0.213. The van der Waals surface area contributed by atoms with Gasteiger partial charge in [-0.3, -0.25) is 14.3 Å². The molecule has 0 radical (unpaired) electrons. The number of rotatable bonds is 5. The zero-order chi connectivity index (χ0) is 21.5. The zero-order valence-corrected chi connectivity index (χ0v) is 17.9. The Morgan fingerprint density at radius 3 is 2.68 bits per heavy atom. The SMILES string of the molecule is CC(C(N)=O)c1cccc2c1c(Cl)nn2-c1nc2ccccc2n1CN1CCOCC1. The molecule has 160 valence electrons. The number of primary amides is 1. The van der Waals surface area contributed by atoms with Gasteiger partial charge in [0.1, 0.15) is 0 Å². The van der Waals surface area contributed by atoms with Gasteiger partial charge < -0.3 is 10.5 Å². The van der Waals surface area contributed by atoms with Crippen molar-refractivity contribution in [2.45, 2.75) is 19.5 Å². The number of ether oxygens (including phenoxy) is 1. The summed E-state index contributed by atoms with van der Waals surface area (Å²) in [6.45, 7) is 5.58. The molecule has 0 bridgehead atoms. The topological polar surface area (TPSA) is 91.2 Å². The van der Waals surface area contributed by atoms with Gasteiger partial charge in [-0.15, -0.1) is 0 Å². The first kappa shape index (κ1) is 20.0. The van der Waals surface area contributed by atoms with Crippen LogP contribution in [0.1, 0.15) is 18.4 Å². The molecule has 0 saturated carbocycles. The van der Waals surface area contributed by atoms with Gasteiger partial charge >= 0.3 is 0 Å².